The van der Waals surface area contributed by atoms with E-state index in [-0.39, 0.29) is 17.3 Å². The van der Waals surface area contributed by atoms with Crippen molar-refractivity contribution in [2.45, 2.75) is 42.4 Å². The second-order valence-corrected chi connectivity index (χ2v) is 8.57. The Balaban J connectivity index is 1.48. The number of ether oxygens (including phenoxy) is 1. The molecule has 1 saturated heterocycles. The van der Waals surface area contributed by atoms with Gasteiger partial charge < -0.3 is 15.4 Å². The van der Waals surface area contributed by atoms with Crippen LogP contribution in [0, 0.1) is 6.92 Å². The lowest BCUT2D eigenvalue weighted by Gasteiger charge is -2.10. The van der Waals surface area contributed by atoms with Gasteiger partial charge in [0.15, 0.2) is 4.34 Å². The van der Waals surface area contributed by atoms with Gasteiger partial charge in [-0.1, -0.05) is 35.2 Å². The normalized spacial score (nSPS) is 18.1. The van der Waals surface area contributed by atoms with E-state index in [9.17, 15) is 4.79 Å². The summed E-state index contributed by atoms with van der Waals surface area (Å²) in [6, 6.07) is 7.77. The van der Waals surface area contributed by atoms with Gasteiger partial charge in [-0.05, 0) is 44.4 Å². The van der Waals surface area contributed by atoms with Crippen LogP contribution in [0.15, 0.2) is 28.6 Å². The third-order valence-electron chi connectivity index (χ3n) is 3.84. The van der Waals surface area contributed by atoms with Crippen LogP contribution in [0.1, 0.15) is 25.3 Å². The SMILES string of the molecule is Cc1cccc(NC(=O)C(C)Sc2nnc(NCC3CCCO3)s2)c1. The number of aromatic nitrogens is 2. The first-order chi connectivity index (χ1) is 12.1. The second kappa shape index (κ2) is 8.64. The summed E-state index contributed by atoms with van der Waals surface area (Å²) < 4.78 is 6.36. The summed E-state index contributed by atoms with van der Waals surface area (Å²) in [6.45, 7) is 5.47. The number of nitrogens with one attached hydrogen (secondary N) is 2. The molecule has 2 aromatic rings. The van der Waals surface area contributed by atoms with E-state index in [0.717, 1.165) is 46.7 Å². The van der Waals surface area contributed by atoms with Gasteiger partial charge in [0.2, 0.25) is 11.0 Å². The Bertz CT molecular complexity index is 716. The highest BCUT2D eigenvalue weighted by molar-refractivity contribution is 8.02. The molecular formula is C17H22N4O2S2. The van der Waals surface area contributed by atoms with Crippen LogP contribution in [0.4, 0.5) is 10.8 Å². The average molecular weight is 379 g/mol. The maximum Gasteiger partial charge on any atom is 0.237 e. The lowest BCUT2D eigenvalue weighted by atomic mass is 10.2. The highest BCUT2D eigenvalue weighted by atomic mass is 32.2. The third-order valence-corrected chi connectivity index (χ3v) is 5.91. The van der Waals surface area contributed by atoms with Crippen LogP contribution in [-0.2, 0) is 9.53 Å². The van der Waals surface area contributed by atoms with Crippen molar-refractivity contribution in [3.8, 4) is 0 Å². The minimum Gasteiger partial charge on any atom is -0.376 e. The Morgan fingerprint density at radius 2 is 2.36 bits per heavy atom. The number of hydrogen-bond acceptors (Lipinski definition) is 7. The maximum atomic E-state index is 12.3. The predicted molar refractivity (Wildman–Crippen MR) is 103 cm³/mol. The summed E-state index contributed by atoms with van der Waals surface area (Å²) in [5.41, 5.74) is 1.93. The van der Waals surface area contributed by atoms with Gasteiger partial charge in [0.05, 0.1) is 11.4 Å². The van der Waals surface area contributed by atoms with Crippen molar-refractivity contribution in [2.24, 2.45) is 0 Å². The molecule has 2 atom stereocenters. The monoisotopic (exact) mass is 378 g/mol. The first-order valence-electron chi connectivity index (χ1n) is 8.33. The quantitative estimate of drug-likeness (QED) is 0.718. The summed E-state index contributed by atoms with van der Waals surface area (Å²) in [7, 11) is 0. The van der Waals surface area contributed by atoms with E-state index < -0.39 is 0 Å². The number of benzene rings is 1. The summed E-state index contributed by atoms with van der Waals surface area (Å²) in [4.78, 5) is 12.3. The molecule has 3 rings (SSSR count). The van der Waals surface area contributed by atoms with Crippen LogP contribution in [0.2, 0.25) is 0 Å². The highest BCUT2D eigenvalue weighted by Gasteiger charge is 2.19. The van der Waals surface area contributed by atoms with Gasteiger partial charge in [-0.15, -0.1) is 10.2 Å². The van der Waals surface area contributed by atoms with Crippen molar-refractivity contribution in [2.75, 3.05) is 23.8 Å². The molecular weight excluding hydrogens is 356 g/mol. The minimum absolute atomic E-state index is 0.0420. The van der Waals surface area contributed by atoms with Gasteiger partial charge in [0.25, 0.3) is 0 Å². The Kier molecular flexibility index (Phi) is 6.28. The van der Waals surface area contributed by atoms with Gasteiger partial charge in [0, 0.05) is 18.8 Å². The van der Waals surface area contributed by atoms with E-state index >= 15 is 0 Å². The Labute approximate surface area is 155 Å². The van der Waals surface area contributed by atoms with Crippen LogP contribution in [-0.4, -0.2) is 40.6 Å². The molecule has 0 aliphatic carbocycles. The summed E-state index contributed by atoms with van der Waals surface area (Å²) >= 11 is 2.88. The molecule has 0 radical (unpaired) electrons. The van der Waals surface area contributed by atoms with Gasteiger partial charge in [-0.25, -0.2) is 0 Å². The molecule has 2 unspecified atom stereocenters. The molecule has 25 heavy (non-hydrogen) atoms. The van der Waals surface area contributed by atoms with Crippen LogP contribution in [0.25, 0.3) is 0 Å². The first-order valence-corrected chi connectivity index (χ1v) is 10.0. The topological polar surface area (TPSA) is 76.1 Å². The zero-order valence-corrected chi connectivity index (χ0v) is 16.0. The molecule has 2 N–H and O–H groups in total. The summed E-state index contributed by atoms with van der Waals surface area (Å²) in [5.74, 6) is -0.0420. The lowest BCUT2D eigenvalue weighted by Crippen LogP contribution is -2.22. The van der Waals surface area contributed by atoms with Crippen LogP contribution in [0.5, 0.6) is 0 Å². The minimum atomic E-state index is -0.250. The highest BCUT2D eigenvalue weighted by Crippen LogP contribution is 2.29. The van der Waals surface area contributed by atoms with Crippen LogP contribution < -0.4 is 10.6 Å². The van der Waals surface area contributed by atoms with E-state index in [1.54, 1.807) is 0 Å². The largest absolute Gasteiger partial charge is 0.376 e. The molecule has 1 aliphatic rings. The molecule has 0 spiro atoms. The van der Waals surface area contributed by atoms with Gasteiger partial charge in [-0.3, -0.25) is 4.79 Å². The van der Waals surface area contributed by atoms with Gasteiger partial charge in [-0.2, -0.15) is 0 Å². The number of carbonyl (C=O) groups is 1. The molecule has 1 fully saturated rings. The molecule has 8 heteroatoms. The maximum absolute atomic E-state index is 12.3. The number of thioether (sulfide) groups is 1. The fourth-order valence-corrected chi connectivity index (χ4v) is 4.41. The van der Waals surface area contributed by atoms with Crippen molar-refractivity contribution in [3.63, 3.8) is 0 Å². The molecule has 6 nitrogen and oxygen atoms in total. The van der Waals surface area contributed by atoms with Crippen molar-refractivity contribution in [3.05, 3.63) is 29.8 Å². The molecule has 0 saturated carbocycles. The fraction of sp³-hybridized carbons (Fsp3) is 0.471. The number of rotatable bonds is 7. The molecule has 2 heterocycles. The Morgan fingerprint density at radius 1 is 1.48 bits per heavy atom. The Morgan fingerprint density at radius 3 is 3.12 bits per heavy atom. The third kappa shape index (κ3) is 5.42. The number of anilines is 2. The molecule has 1 aromatic heterocycles. The zero-order chi connectivity index (χ0) is 17.6. The van der Waals surface area contributed by atoms with Crippen LogP contribution >= 0.6 is 23.1 Å². The van der Waals surface area contributed by atoms with Crippen LogP contribution in [0.3, 0.4) is 0 Å². The second-order valence-electron chi connectivity index (χ2n) is 6.01. The summed E-state index contributed by atoms with van der Waals surface area (Å²) in [6.07, 6.45) is 2.47. The molecule has 1 aliphatic heterocycles. The lowest BCUT2D eigenvalue weighted by molar-refractivity contribution is -0.115. The number of nitrogens with zero attached hydrogens (tertiary/aromatic N) is 2. The van der Waals surface area contributed by atoms with Gasteiger partial charge >= 0.3 is 0 Å². The van der Waals surface area contributed by atoms with E-state index in [1.165, 1.54) is 23.1 Å². The molecule has 134 valence electrons. The zero-order valence-electron chi connectivity index (χ0n) is 14.3. The predicted octanol–water partition coefficient (Wildman–Crippen LogP) is 3.56. The number of amides is 1. The molecule has 0 bridgehead atoms. The van der Waals surface area contributed by atoms with E-state index in [1.807, 2.05) is 38.1 Å². The van der Waals surface area contributed by atoms with Crippen molar-refractivity contribution >= 4 is 39.8 Å². The first kappa shape index (κ1) is 18.2. The van der Waals surface area contributed by atoms with Crippen molar-refractivity contribution in [1.82, 2.24) is 10.2 Å². The van der Waals surface area contributed by atoms with Crippen molar-refractivity contribution in [1.29, 1.82) is 0 Å². The standard InChI is InChI=1S/C17H22N4O2S2/c1-11-5-3-6-13(9-11)19-15(22)12(2)24-17-21-20-16(25-17)18-10-14-7-4-8-23-14/h3,5-6,9,12,14H,4,7-8,10H2,1-2H3,(H,18,20)(H,19,22). The van der Waals surface area contributed by atoms with E-state index in [4.69, 9.17) is 4.74 Å². The fourth-order valence-electron chi connectivity index (χ4n) is 2.51. The number of carbonyl (C=O) groups excluding carboxylic acids is 1. The summed E-state index contributed by atoms with van der Waals surface area (Å²) in [5, 5.41) is 15.0. The molecule has 1 aromatic carbocycles. The smallest absolute Gasteiger partial charge is 0.237 e. The average Bonchev–Trinajstić information content (AvgIpc) is 3.24. The number of hydrogen-bond donors (Lipinski definition) is 2. The van der Waals surface area contributed by atoms with Crippen molar-refractivity contribution < 1.29 is 9.53 Å². The molecule has 1 amide bonds. The van der Waals surface area contributed by atoms with E-state index in [2.05, 4.69) is 20.8 Å². The Hall–Kier alpha value is -1.64. The van der Waals surface area contributed by atoms with E-state index in [0.29, 0.717) is 0 Å². The van der Waals surface area contributed by atoms with Gasteiger partial charge in [0.1, 0.15) is 0 Å². The number of aryl methyl sites for hydroxylation is 1.